The van der Waals surface area contributed by atoms with Crippen LogP contribution in [0, 0.1) is 0 Å². The molecule has 1 amide bonds. The SMILES string of the molecule is COc1ccccc1C(C)NC(=O)COC(=O)c1cc2ccccc2cc1O. The van der Waals surface area contributed by atoms with Crippen molar-refractivity contribution < 1.29 is 24.2 Å². The lowest BCUT2D eigenvalue weighted by molar-refractivity contribution is -0.124. The maximum absolute atomic E-state index is 12.3. The number of benzene rings is 3. The Morgan fingerprint density at radius 3 is 2.39 bits per heavy atom. The number of ether oxygens (including phenoxy) is 2. The molecule has 3 aromatic rings. The molecule has 0 radical (unpaired) electrons. The lowest BCUT2D eigenvalue weighted by Crippen LogP contribution is -2.31. The van der Waals surface area contributed by atoms with E-state index in [0.717, 1.165) is 16.3 Å². The minimum atomic E-state index is -0.761. The number of carbonyl (C=O) groups excluding carboxylic acids is 2. The smallest absolute Gasteiger partial charge is 0.342 e. The third-order valence-electron chi connectivity index (χ3n) is 4.40. The van der Waals surface area contributed by atoms with E-state index in [9.17, 15) is 14.7 Å². The van der Waals surface area contributed by atoms with Crippen LogP contribution in [0.15, 0.2) is 60.7 Å². The van der Waals surface area contributed by atoms with Gasteiger partial charge < -0.3 is 19.9 Å². The van der Waals surface area contributed by atoms with E-state index in [1.165, 1.54) is 6.07 Å². The molecule has 3 aromatic carbocycles. The summed E-state index contributed by atoms with van der Waals surface area (Å²) in [7, 11) is 1.56. The Morgan fingerprint density at radius 2 is 1.68 bits per heavy atom. The number of carbonyl (C=O) groups is 2. The van der Waals surface area contributed by atoms with Crippen LogP contribution in [0.4, 0.5) is 0 Å². The van der Waals surface area contributed by atoms with E-state index in [0.29, 0.717) is 5.75 Å². The van der Waals surface area contributed by atoms with Crippen molar-refractivity contribution in [3.05, 3.63) is 71.8 Å². The van der Waals surface area contributed by atoms with Crippen molar-refractivity contribution in [1.29, 1.82) is 0 Å². The fourth-order valence-electron chi connectivity index (χ4n) is 2.99. The number of nitrogens with one attached hydrogen (secondary N) is 1. The van der Waals surface area contributed by atoms with E-state index in [4.69, 9.17) is 9.47 Å². The van der Waals surface area contributed by atoms with Gasteiger partial charge in [-0.25, -0.2) is 4.79 Å². The largest absolute Gasteiger partial charge is 0.507 e. The standard InChI is InChI=1S/C22H21NO5/c1-14(17-9-5-6-10-20(17)27-2)23-21(25)13-28-22(26)18-11-15-7-3-4-8-16(15)12-19(18)24/h3-12,14,24H,13H2,1-2H3,(H,23,25). The average Bonchev–Trinajstić information content (AvgIpc) is 2.71. The Kier molecular flexibility index (Phi) is 5.79. The number of esters is 1. The summed E-state index contributed by atoms with van der Waals surface area (Å²) in [4.78, 5) is 24.5. The topological polar surface area (TPSA) is 84.9 Å². The number of aromatic hydroxyl groups is 1. The van der Waals surface area contributed by atoms with Crippen LogP contribution in [0.25, 0.3) is 10.8 Å². The summed E-state index contributed by atoms with van der Waals surface area (Å²) < 4.78 is 10.4. The fraction of sp³-hybridized carbons (Fsp3) is 0.182. The summed E-state index contributed by atoms with van der Waals surface area (Å²) in [5, 5.41) is 14.4. The normalized spacial score (nSPS) is 11.6. The molecule has 6 heteroatoms. The molecule has 0 spiro atoms. The average molecular weight is 379 g/mol. The van der Waals surface area contributed by atoms with Gasteiger partial charge in [-0.15, -0.1) is 0 Å². The van der Waals surface area contributed by atoms with E-state index in [1.807, 2.05) is 49.4 Å². The number of para-hydroxylation sites is 1. The Balaban J connectivity index is 1.63. The quantitative estimate of drug-likeness (QED) is 0.640. The zero-order valence-corrected chi connectivity index (χ0v) is 15.6. The molecule has 0 aromatic heterocycles. The highest BCUT2D eigenvalue weighted by atomic mass is 16.5. The van der Waals surface area contributed by atoms with Crippen LogP contribution >= 0.6 is 0 Å². The Labute approximate surface area is 162 Å². The summed E-state index contributed by atoms with van der Waals surface area (Å²) in [5.41, 5.74) is 0.834. The predicted molar refractivity (Wildman–Crippen MR) is 105 cm³/mol. The summed E-state index contributed by atoms with van der Waals surface area (Å²) in [6.45, 7) is 1.36. The molecule has 0 bridgehead atoms. The van der Waals surface area contributed by atoms with E-state index < -0.39 is 18.5 Å². The van der Waals surface area contributed by atoms with Gasteiger partial charge in [0, 0.05) is 5.56 Å². The fourth-order valence-corrected chi connectivity index (χ4v) is 2.99. The molecule has 1 atom stereocenters. The van der Waals surface area contributed by atoms with Crippen LogP contribution in [0.2, 0.25) is 0 Å². The molecule has 0 heterocycles. The van der Waals surface area contributed by atoms with Crippen LogP contribution in [0.1, 0.15) is 28.9 Å². The van der Waals surface area contributed by atoms with Crippen molar-refractivity contribution >= 4 is 22.6 Å². The Hall–Kier alpha value is -3.54. The van der Waals surface area contributed by atoms with Crippen LogP contribution in [0.3, 0.4) is 0 Å². The summed E-state index contributed by atoms with van der Waals surface area (Å²) in [5.74, 6) is -0.740. The lowest BCUT2D eigenvalue weighted by Gasteiger charge is -2.17. The first-order chi connectivity index (χ1) is 13.5. The molecule has 1 unspecified atom stereocenters. The number of amides is 1. The number of fused-ring (bicyclic) bond motifs is 1. The molecule has 0 saturated heterocycles. The molecule has 0 aliphatic heterocycles. The zero-order chi connectivity index (χ0) is 20.1. The molecule has 28 heavy (non-hydrogen) atoms. The highest BCUT2D eigenvalue weighted by Crippen LogP contribution is 2.26. The summed E-state index contributed by atoms with van der Waals surface area (Å²) >= 11 is 0. The number of methoxy groups -OCH3 is 1. The first kappa shape index (κ1) is 19.2. The molecule has 0 saturated carbocycles. The minimum absolute atomic E-state index is 0.0178. The minimum Gasteiger partial charge on any atom is -0.507 e. The van der Waals surface area contributed by atoms with Crippen molar-refractivity contribution in [1.82, 2.24) is 5.32 Å². The second-order valence-corrected chi connectivity index (χ2v) is 6.32. The highest BCUT2D eigenvalue weighted by Gasteiger charge is 2.18. The summed E-state index contributed by atoms with van der Waals surface area (Å²) in [6, 6.07) is 17.4. The molecular weight excluding hydrogens is 358 g/mol. The van der Waals surface area contributed by atoms with Gasteiger partial charge in [0.1, 0.15) is 17.1 Å². The van der Waals surface area contributed by atoms with Gasteiger partial charge in [-0.05, 0) is 35.9 Å². The van der Waals surface area contributed by atoms with Crippen LogP contribution in [0.5, 0.6) is 11.5 Å². The third-order valence-corrected chi connectivity index (χ3v) is 4.40. The molecule has 2 N–H and O–H groups in total. The van der Waals surface area contributed by atoms with Crippen LogP contribution < -0.4 is 10.1 Å². The second-order valence-electron chi connectivity index (χ2n) is 6.32. The molecule has 0 aliphatic rings. The van der Waals surface area contributed by atoms with Gasteiger partial charge in [-0.3, -0.25) is 4.79 Å². The Bertz CT molecular complexity index is 1010. The monoisotopic (exact) mass is 379 g/mol. The van der Waals surface area contributed by atoms with Crippen molar-refractivity contribution in [2.45, 2.75) is 13.0 Å². The lowest BCUT2D eigenvalue weighted by atomic mass is 10.1. The van der Waals surface area contributed by atoms with Crippen LogP contribution in [-0.4, -0.2) is 30.7 Å². The highest BCUT2D eigenvalue weighted by molar-refractivity contribution is 5.99. The molecular formula is C22H21NO5. The van der Waals surface area contributed by atoms with Crippen molar-refractivity contribution in [2.24, 2.45) is 0 Å². The van der Waals surface area contributed by atoms with E-state index in [2.05, 4.69) is 5.32 Å². The first-order valence-corrected chi connectivity index (χ1v) is 8.80. The Morgan fingerprint density at radius 1 is 1.04 bits per heavy atom. The van der Waals surface area contributed by atoms with Gasteiger partial charge in [0.05, 0.1) is 13.2 Å². The van der Waals surface area contributed by atoms with Gasteiger partial charge in [-0.1, -0.05) is 42.5 Å². The van der Waals surface area contributed by atoms with Gasteiger partial charge in [-0.2, -0.15) is 0 Å². The maximum Gasteiger partial charge on any atom is 0.342 e. The van der Waals surface area contributed by atoms with E-state index >= 15 is 0 Å². The number of phenolic OH excluding ortho intramolecular Hbond substituents is 1. The number of rotatable bonds is 6. The molecule has 0 fully saturated rings. The van der Waals surface area contributed by atoms with Crippen molar-refractivity contribution in [3.8, 4) is 11.5 Å². The third kappa shape index (κ3) is 4.23. The van der Waals surface area contributed by atoms with Gasteiger partial charge >= 0.3 is 5.97 Å². The van der Waals surface area contributed by atoms with Crippen molar-refractivity contribution in [2.75, 3.05) is 13.7 Å². The van der Waals surface area contributed by atoms with Gasteiger partial charge in [0.2, 0.25) is 0 Å². The maximum atomic E-state index is 12.3. The molecule has 6 nitrogen and oxygen atoms in total. The first-order valence-electron chi connectivity index (χ1n) is 8.80. The molecule has 0 aliphatic carbocycles. The number of phenols is 1. The van der Waals surface area contributed by atoms with E-state index in [-0.39, 0.29) is 17.4 Å². The van der Waals surface area contributed by atoms with Gasteiger partial charge in [0.15, 0.2) is 6.61 Å². The molecule has 3 rings (SSSR count). The zero-order valence-electron chi connectivity index (χ0n) is 15.6. The molecule has 144 valence electrons. The van der Waals surface area contributed by atoms with Gasteiger partial charge in [0.25, 0.3) is 5.91 Å². The van der Waals surface area contributed by atoms with Crippen LogP contribution in [-0.2, 0) is 9.53 Å². The number of hydrogen-bond donors (Lipinski definition) is 2. The summed E-state index contributed by atoms with van der Waals surface area (Å²) in [6.07, 6.45) is 0. The second kappa shape index (κ2) is 8.43. The predicted octanol–water partition coefficient (Wildman–Crippen LogP) is 3.59. The van der Waals surface area contributed by atoms with Crippen molar-refractivity contribution in [3.63, 3.8) is 0 Å². The number of hydrogen-bond acceptors (Lipinski definition) is 5. The van der Waals surface area contributed by atoms with E-state index in [1.54, 1.807) is 19.2 Å².